The summed E-state index contributed by atoms with van der Waals surface area (Å²) >= 11 is 6.20. The molecule has 0 N–H and O–H groups in total. The van der Waals surface area contributed by atoms with Crippen LogP contribution in [0.5, 0.6) is 11.5 Å². The first kappa shape index (κ1) is 19.0. The summed E-state index contributed by atoms with van der Waals surface area (Å²) in [6.07, 6.45) is 0.791. The van der Waals surface area contributed by atoms with Gasteiger partial charge in [0.2, 0.25) is 0 Å². The van der Waals surface area contributed by atoms with E-state index in [4.69, 9.17) is 21.1 Å². The Bertz CT molecular complexity index is 783. The molecule has 0 saturated carbocycles. The highest BCUT2D eigenvalue weighted by molar-refractivity contribution is 6.32. The number of hydrogen-bond acceptors (Lipinski definition) is 3. The Kier molecular flexibility index (Phi) is 6.20. The predicted octanol–water partition coefficient (Wildman–Crippen LogP) is 4.69. The summed E-state index contributed by atoms with van der Waals surface area (Å²) in [6.45, 7) is 2.41. The molecule has 0 heterocycles. The molecule has 0 saturated heterocycles. The molecular formula is C18H18ClF2NO3. The summed E-state index contributed by atoms with van der Waals surface area (Å²) in [6, 6.07) is 6.17. The molecule has 1 amide bonds. The lowest BCUT2D eigenvalue weighted by atomic mass is 10.1. The smallest absolute Gasteiger partial charge is 0.258 e. The summed E-state index contributed by atoms with van der Waals surface area (Å²) in [5, 5.41) is 0.231. The van der Waals surface area contributed by atoms with Crippen molar-refractivity contribution in [3.63, 3.8) is 0 Å². The summed E-state index contributed by atoms with van der Waals surface area (Å²) < 4.78 is 37.2. The molecular weight excluding hydrogens is 352 g/mol. The minimum absolute atomic E-state index is 0.213. The lowest BCUT2D eigenvalue weighted by Crippen LogP contribution is -2.26. The van der Waals surface area contributed by atoms with E-state index in [1.807, 2.05) is 6.92 Å². The number of benzene rings is 2. The van der Waals surface area contributed by atoms with Crippen LogP contribution in [-0.2, 0) is 0 Å². The van der Waals surface area contributed by atoms with Crippen molar-refractivity contribution in [3.05, 3.63) is 52.6 Å². The number of amides is 1. The zero-order valence-corrected chi connectivity index (χ0v) is 14.9. The SMILES string of the molecule is CCCOc1c(Cl)cc(C(=O)N(C)c2ccc(F)c(F)c2)cc1OC. The summed E-state index contributed by atoms with van der Waals surface area (Å²) in [5.74, 6) is -1.78. The van der Waals surface area contributed by atoms with Crippen LogP contribution in [0.3, 0.4) is 0 Å². The number of hydrogen-bond donors (Lipinski definition) is 0. The molecule has 0 spiro atoms. The first-order valence-corrected chi connectivity index (χ1v) is 8.00. The molecule has 0 aromatic heterocycles. The molecule has 2 aromatic rings. The van der Waals surface area contributed by atoms with E-state index in [2.05, 4.69) is 0 Å². The van der Waals surface area contributed by atoms with Crippen LogP contribution in [0.1, 0.15) is 23.7 Å². The number of anilines is 1. The summed E-state index contributed by atoms with van der Waals surface area (Å²) in [7, 11) is 2.90. The van der Waals surface area contributed by atoms with Gasteiger partial charge in [-0.2, -0.15) is 0 Å². The molecule has 0 radical (unpaired) electrons. The lowest BCUT2D eigenvalue weighted by Gasteiger charge is -2.19. The van der Waals surface area contributed by atoms with Gasteiger partial charge in [-0.1, -0.05) is 18.5 Å². The zero-order chi connectivity index (χ0) is 18.6. The Balaban J connectivity index is 2.34. The van der Waals surface area contributed by atoms with E-state index in [1.165, 1.54) is 37.3 Å². The molecule has 4 nitrogen and oxygen atoms in total. The van der Waals surface area contributed by atoms with Gasteiger partial charge in [0.15, 0.2) is 23.1 Å². The van der Waals surface area contributed by atoms with E-state index in [9.17, 15) is 13.6 Å². The maximum Gasteiger partial charge on any atom is 0.258 e. The lowest BCUT2D eigenvalue weighted by molar-refractivity contribution is 0.0992. The van der Waals surface area contributed by atoms with Gasteiger partial charge >= 0.3 is 0 Å². The highest BCUT2D eigenvalue weighted by Crippen LogP contribution is 2.37. The Morgan fingerprint density at radius 1 is 1.20 bits per heavy atom. The summed E-state index contributed by atoms with van der Waals surface area (Å²) in [4.78, 5) is 13.8. The van der Waals surface area contributed by atoms with Crippen LogP contribution in [0.2, 0.25) is 5.02 Å². The second kappa shape index (κ2) is 8.16. The third-order valence-electron chi connectivity index (χ3n) is 3.52. The molecule has 0 fully saturated rings. The number of methoxy groups -OCH3 is 1. The molecule has 0 bridgehead atoms. The number of nitrogens with zero attached hydrogens (tertiary/aromatic N) is 1. The quantitative estimate of drug-likeness (QED) is 0.741. The van der Waals surface area contributed by atoms with Crippen molar-refractivity contribution in [1.82, 2.24) is 0 Å². The van der Waals surface area contributed by atoms with E-state index in [0.717, 1.165) is 18.6 Å². The standard InChI is InChI=1S/C18H18ClF2NO3/c1-4-7-25-17-13(19)8-11(9-16(17)24-3)18(23)22(2)12-5-6-14(20)15(21)10-12/h5-6,8-10H,4,7H2,1-3H3. The van der Waals surface area contributed by atoms with Gasteiger partial charge in [0.1, 0.15) is 0 Å². The van der Waals surface area contributed by atoms with E-state index in [1.54, 1.807) is 0 Å². The molecule has 0 atom stereocenters. The predicted molar refractivity (Wildman–Crippen MR) is 92.9 cm³/mol. The average Bonchev–Trinajstić information content (AvgIpc) is 2.61. The van der Waals surface area contributed by atoms with Crippen molar-refractivity contribution < 1.29 is 23.0 Å². The van der Waals surface area contributed by atoms with E-state index in [-0.39, 0.29) is 16.3 Å². The van der Waals surface area contributed by atoms with Crippen molar-refractivity contribution in [3.8, 4) is 11.5 Å². The fourth-order valence-corrected chi connectivity index (χ4v) is 2.46. The number of carbonyl (C=O) groups excluding carboxylic acids is 1. The van der Waals surface area contributed by atoms with E-state index < -0.39 is 17.5 Å². The first-order valence-electron chi connectivity index (χ1n) is 7.62. The highest BCUT2D eigenvalue weighted by Gasteiger charge is 2.20. The number of carbonyl (C=O) groups is 1. The number of halogens is 3. The Hall–Kier alpha value is -2.34. The van der Waals surface area contributed by atoms with Crippen molar-refractivity contribution in [1.29, 1.82) is 0 Å². The summed E-state index contributed by atoms with van der Waals surface area (Å²) in [5.41, 5.74) is 0.447. The van der Waals surface area contributed by atoms with Crippen LogP contribution in [0.4, 0.5) is 14.5 Å². The number of ether oxygens (including phenoxy) is 2. The van der Waals surface area contributed by atoms with Gasteiger partial charge in [-0.15, -0.1) is 0 Å². The topological polar surface area (TPSA) is 38.8 Å². The molecule has 0 aliphatic carbocycles. The third-order valence-corrected chi connectivity index (χ3v) is 3.80. The Labute approximate surface area is 149 Å². The molecule has 7 heteroatoms. The minimum atomic E-state index is -1.03. The first-order chi connectivity index (χ1) is 11.9. The fourth-order valence-electron chi connectivity index (χ4n) is 2.19. The molecule has 2 rings (SSSR count). The molecule has 0 unspecified atom stereocenters. The average molecular weight is 370 g/mol. The van der Waals surface area contributed by atoms with Crippen LogP contribution in [0.25, 0.3) is 0 Å². The van der Waals surface area contributed by atoms with E-state index >= 15 is 0 Å². The Morgan fingerprint density at radius 2 is 1.92 bits per heavy atom. The van der Waals surface area contributed by atoms with Gasteiger partial charge in [-0.25, -0.2) is 8.78 Å². The van der Waals surface area contributed by atoms with Gasteiger partial charge in [0.05, 0.1) is 18.7 Å². The molecule has 0 aliphatic heterocycles. The fraction of sp³-hybridized carbons (Fsp3) is 0.278. The maximum atomic E-state index is 13.4. The van der Waals surface area contributed by atoms with Crippen LogP contribution in [0.15, 0.2) is 30.3 Å². The second-order valence-corrected chi connectivity index (χ2v) is 5.71. The van der Waals surface area contributed by atoms with Crippen LogP contribution in [0, 0.1) is 11.6 Å². The van der Waals surface area contributed by atoms with Crippen LogP contribution < -0.4 is 14.4 Å². The Morgan fingerprint density at radius 3 is 2.52 bits per heavy atom. The van der Waals surface area contributed by atoms with Crippen molar-refractivity contribution in [2.45, 2.75) is 13.3 Å². The van der Waals surface area contributed by atoms with Crippen molar-refractivity contribution in [2.75, 3.05) is 25.7 Å². The van der Waals surface area contributed by atoms with Gasteiger partial charge in [0, 0.05) is 24.4 Å². The third kappa shape index (κ3) is 4.20. The normalized spacial score (nSPS) is 10.5. The van der Waals surface area contributed by atoms with Crippen molar-refractivity contribution in [2.24, 2.45) is 0 Å². The van der Waals surface area contributed by atoms with E-state index in [0.29, 0.717) is 18.1 Å². The minimum Gasteiger partial charge on any atom is -0.493 e. The van der Waals surface area contributed by atoms with Gasteiger partial charge < -0.3 is 14.4 Å². The highest BCUT2D eigenvalue weighted by atomic mass is 35.5. The second-order valence-electron chi connectivity index (χ2n) is 5.30. The van der Waals surface area contributed by atoms with Crippen molar-refractivity contribution >= 4 is 23.2 Å². The maximum absolute atomic E-state index is 13.4. The molecule has 0 aliphatic rings. The largest absolute Gasteiger partial charge is 0.493 e. The number of rotatable bonds is 6. The monoisotopic (exact) mass is 369 g/mol. The molecule has 2 aromatic carbocycles. The van der Waals surface area contributed by atoms with Crippen LogP contribution in [-0.4, -0.2) is 26.7 Å². The zero-order valence-electron chi connectivity index (χ0n) is 14.1. The molecule has 134 valence electrons. The van der Waals surface area contributed by atoms with Gasteiger partial charge in [-0.3, -0.25) is 4.79 Å². The van der Waals surface area contributed by atoms with Crippen LogP contribution >= 0.6 is 11.6 Å². The van der Waals surface area contributed by atoms with Gasteiger partial charge in [-0.05, 0) is 30.7 Å². The van der Waals surface area contributed by atoms with Gasteiger partial charge in [0.25, 0.3) is 5.91 Å². The molecule has 25 heavy (non-hydrogen) atoms.